The molecule has 0 fully saturated rings. The summed E-state index contributed by atoms with van der Waals surface area (Å²) in [6.45, 7) is 4.17. The Balaban J connectivity index is 2.27. The van der Waals surface area contributed by atoms with Crippen LogP contribution in [0.3, 0.4) is 0 Å². The van der Waals surface area contributed by atoms with E-state index in [0.29, 0.717) is 18.2 Å². The topological polar surface area (TPSA) is 59.4 Å². The van der Waals surface area contributed by atoms with Gasteiger partial charge in [-0.15, -0.1) is 0 Å². The van der Waals surface area contributed by atoms with Crippen molar-refractivity contribution in [1.29, 1.82) is 0 Å². The van der Waals surface area contributed by atoms with Gasteiger partial charge in [0.15, 0.2) is 0 Å². The third-order valence-electron chi connectivity index (χ3n) is 2.26. The highest BCUT2D eigenvalue weighted by atomic mass is 32.2. The summed E-state index contributed by atoms with van der Waals surface area (Å²) in [4.78, 5) is 0. The van der Waals surface area contributed by atoms with Crippen molar-refractivity contribution in [3.05, 3.63) is 24.2 Å². The molecule has 0 bridgehead atoms. The molecule has 0 radical (unpaired) electrons. The minimum absolute atomic E-state index is 0.304. The second kappa shape index (κ2) is 5.58. The fourth-order valence-electron chi connectivity index (χ4n) is 1.38. The van der Waals surface area contributed by atoms with Crippen molar-refractivity contribution in [2.75, 3.05) is 6.54 Å². The predicted octanol–water partition coefficient (Wildman–Crippen LogP) is 2.00. The van der Waals surface area contributed by atoms with Crippen LogP contribution in [0.5, 0.6) is 0 Å². The molecule has 86 valence electrons. The molecule has 15 heavy (non-hydrogen) atoms. The van der Waals surface area contributed by atoms with Gasteiger partial charge < -0.3 is 15.3 Å². The standard InChI is InChI=1S/C11H19NO2S/c1-9(6-11(2,13)8-12)15-7-10-4-3-5-14-10/h3-5,9,13H,6-8,12H2,1-2H3. The minimum Gasteiger partial charge on any atom is -0.468 e. The van der Waals surface area contributed by atoms with Gasteiger partial charge in [-0.2, -0.15) is 11.8 Å². The first-order valence-corrected chi connectivity index (χ1v) is 6.15. The van der Waals surface area contributed by atoms with Gasteiger partial charge in [0, 0.05) is 11.8 Å². The van der Waals surface area contributed by atoms with Crippen molar-refractivity contribution < 1.29 is 9.52 Å². The summed E-state index contributed by atoms with van der Waals surface area (Å²) in [6.07, 6.45) is 2.38. The van der Waals surface area contributed by atoms with Gasteiger partial charge >= 0.3 is 0 Å². The van der Waals surface area contributed by atoms with E-state index in [1.54, 1.807) is 24.9 Å². The molecule has 0 amide bonds. The average Bonchev–Trinajstić information content (AvgIpc) is 2.66. The number of nitrogens with two attached hydrogens (primary N) is 1. The van der Waals surface area contributed by atoms with E-state index in [0.717, 1.165) is 11.5 Å². The van der Waals surface area contributed by atoms with E-state index in [9.17, 15) is 5.11 Å². The zero-order chi connectivity index (χ0) is 11.3. The molecule has 0 saturated carbocycles. The lowest BCUT2D eigenvalue weighted by Crippen LogP contribution is -2.36. The Bertz CT molecular complexity index is 272. The summed E-state index contributed by atoms with van der Waals surface area (Å²) < 4.78 is 5.23. The lowest BCUT2D eigenvalue weighted by atomic mass is 10.0. The summed E-state index contributed by atoms with van der Waals surface area (Å²) >= 11 is 1.77. The highest BCUT2D eigenvalue weighted by Crippen LogP contribution is 2.24. The normalized spacial score (nSPS) is 17.3. The molecule has 1 aromatic heterocycles. The summed E-state index contributed by atoms with van der Waals surface area (Å²) in [5.74, 6) is 1.81. The van der Waals surface area contributed by atoms with E-state index in [-0.39, 0.29) is 0 Å². The van der Waals surface area contributed by atoms with Crippen LogP contribution in [-0.2, 0) is 5.75 Å². The fraction of sp³-hybridized carbons (Fsp3) is 0.636. The van der Waals surface area contributed by atoms with Crippen molar-refractivity contribution in [3.63, 3.8) is 0 Å². The Morgan fingerprint density at radius 2 is 2.40 bits per heavy atom. The SMILES string of the molecule is CC(CC(C)(O)CN)SCc1ccco1. The zero-order valence-electron chi connectivity index (χ0n) is 9.27. The fourth-order valence-corrected chi connectivity index (χ4v) is 2.47. The van der Waals surface area contributed by atoms with Gasteiger partial charge in [-0.05, 0) is 25.5 Å². The maximum atomic E-state index is 9.79. The van der Waals surface area contributed by atoms with Gasteiger partial charge in [0.05, 0.1) is 17.6 Å². The molecular formula is C11H19NO2S. The maximum Gasteiger partial charge on any atom is 0.113 e. The Labute approximate surface area is 95.0 Å². The monoisotopic (exact) mass is 229 g/mol. The van der Waals surface area contributed by atoms with Crippen molar-refractivity contribution in [2.24, 2.45) is 5.73 Å². The molecular weight excluding hydrogens is 210 g/mol. The molecule has 1 aromatic rings. The maximum absolute atomic E-state index is 9.79. The molecule has 4 heteroatoms. The van der Waals surface area contributed by atoms with Crippen LogP contribution in [0.4, 0.5) is 0 Å². The van der Waals surface area contributed by atoms with Crippen molar-refractivity contribution in [1.82, 2.24) is 0 Å². The van der Waals surface area contributed by atoms with Crippen molar-refractivity contribution >= 4 is 11.8 Å². The highest BCUT2D eigenvalue weighted by molar-refractivity contribution is 7.99. The van der Waals surface area contributed by atoms with Crippen molar-refractivity contribution in [2.45, 2.75) is 36.9 Å². The van der Waals surface area contributed by atoms with Gasteiger partial charge in [0.2, 0.25) is 0 Å². The van der Waals surface area contributed by atoms with Crippen LogP contribution >= 0.6 is 11.8 Å². The number of rotatable bonds is 6. The summed E-state index contributed by atoms with van der Waals surface area (Å²) in [5, 5.41) is 10.2. The number of furan rings is 1. The summed E-state index contributed by atoms with van der Waals surface area (Å²) in [6, 6.07) is 3.84. The van der Waals surface area contributed by atoms with Gasteiger partial charge in [-0.3, -0.25) is 0 Å². The highest BCUT2D eigenvalue weighted by Gasteiger charge is 2.21. The Kier molecular flexibility index (Phi) is 4.70. The third kappa shape index (κ3) is 4.73. The largest absolute Gasteiger partial charge is 0.468 e. The molecule has 1 rings (SSSR count). The lowest BCUT2D eigenvalue weighted by Gasteiger charge is -2.24. The molecule has 0 saturated heterocycles. The van der Waals surface area contributed by atoms with Gasteiger partial charge in [-0.25, -0.2) is 0 Å². The average molecular weight is 229 g/mol. The van der Waals surface area contributed by atoms with E-state index in [1.165, 1.54) is 0 Å². The van der Waals surface area contributed by atoms with Gasteiger partial charge in [0.1, 0.15) is 5.76 Å². The predicted molar refractivity (Wildman–Crippen MR) is 63.8 cm³/mol. The molecule has 0 aliphatic carbocycles. The molecule has 1 heterocycles. The van der Waals surface area contributed by atoms with E-state index in [2.05, 4.69) is 6.92 Å². The molecule has 0 aromatic carbocycles. The van der Waals surface area contributed by atoms with Crippen LogP contribution in [0.2, 0.25) is 0 Å². The quantitative estimate of drug-likeness (QED) is 0.783. The van der Waals surface area contributed by atoms with Gasteiger partial charge in [0.25, 0.3) is 0 Å². The number of thioether (sulfide) groups is 1. The van der Waals surface area contributed by atoms with Crippen molar-refractivity contribution in [3.8, 4) is 0 Å². The van der Waals surface area contributed by atoms with Gasteiger partial charge in [-0.1, -0.05) is 6.92 Å². The lowest BCUT2D eigenvalue weighted by molar-refractivity contribution is 0.0608. The van der Waals surface area contributed by atoms with Crippen LogP contribution < -0.4 is 5.73 Å². The second-order valence-corrected chi connectivity index (χ2v) is 5.53. The summed E-state index contributed by atoms with van der Waals surface area (Å²) in [5.41, 5.74) is 4.71. The number of hydrogen-bond donors (Lipinski definition) is 2. The Morgan fingerprint density at radius 3 is 2.93 bits per heavy atom. The second-order valence-electron chi connectivity index (χ2n) is 4.11. The van der Waals surface area contributed by atoms with Crippen LogP contribution in [0.25, 0.3) is 0 Å². The molecule has 3 nitrogen and oxygen atoms in total. The zero-order valence-corrected chi connectivity index (χ0v) is 10.1. The first kappa shape index (κ1) is 12.6. The third-order valence-corrected chi connectivity index (χ3v) is 3.44. The van der Waals surface area contributed by atoms with Crippen LogP contribution in [0.15, 0.2) is 22.8 Å². The van der Waals surface area contributed by atoms with E-state index in [1.807, 2.05) is 12.1 Å². The smallest absolute Gasteiger partial charge is 0.113 e. The van der Waals surface area contributed by atoms with Crippen LogP contribution in [0.1, 0.15) is 26.0 Å². The number of aliphatic hydroxyl groups is 1. The minimum atomic E-state index is -0.754. The Hall–Kier alpha value is -0.450. The molecule has 0 spiro atoms. The molecule has 2 unspecified atom stereocenters. The van der Waals surface area contributed by atoms with E-state index >= 15 is 0 Å². The van der Waals surface area contributed by atoms with E-state index in [4.69, 9.17) is 10.2 Å². The first-order chi connectivity index (χ1) is 7.03. The number of hydrogen-bond acceptors (Lipinski definition) is 4. The van der Waals surface area contributed by atoms with Crippen LogP contribution in [-0.4, -0.2) is 22.5 Å². The Morgan fingerprint density at radius 1 is 1.67 bits per heavy atom. The molecule has 0 aliphatic rings. The molecule has 3 N–H and O–H groups in total. The molecule has 0 aliphatic heterocycles. The van der Waals surface area contributed by atoms with Crippen LogP contribution in [0, 0.1) is 0 Å². The first-order valence-electron chi connectivity index (χ1n) is 5.10. The summed E-state index contributed by atoms with van der Waals surface area (Å²) in [7, 11) is 0. The van der Waals surface area contributed by atoms with E-state index < -0.39 is 5.60 Å². The molecule has 2 atom stereocenters.